The normalized spacial score (nSPS) is 33.0. The summed E-state index contributed by atoms with van der Waals surface area (Å²) in [7, 11) is 0. The summed E-state index contributed by atoms with van der Waals surface area (Å²) < 4.78 is 7.53. The van der Waals surface area contributed by atoms with Crippen molar-refractivity contribution in [2.24, 2.45) is 5.92 Å². The topological polar surface area (TPSA) is 71.5 Å². The molecule has 7 heteroatoms. The zero-order valence-corrected chi connectivity index (χ0v) is 17.9. The van der Waals surface area contributed by atoms with Gasteiger partial charge >= 0.3 is 0 Å². The van der Waals surface area contributed by atoms with Crippen LogP contribution in [0.3, 0.4) is 0 Å². The highest BCUT2D eigenvalue weighted by atomic mass is 79.9. The minimum absolute atomic E-state index is 0.0905. The first-order valence-corrected chi connectivity index (χ1v) is 10.8. The van der Waals surface area contributed by atoms with Crippen molar-refractivity contribution in [1.82, 2.24) is 10.3 Å². The zero-order valence-electron chi connectivity index (χ0n) is 15.5. The van der Waals surface area contributed by atoms with E-state index in [-0.39, 0.29) is 5.91 Å². The number of aromatic nitrogens is 1. The second-order valence-electron chi connectivity index (χ2n) is 8.01. The molecular weight excluding hydrogens is 468 g/mol. The molecular formula is C23H16BrClN2O3. The van der Waals surface area contributed by atoms with Gasteiger partial charge in [0.15, 0.2) is 11.2 Å². The molecule has 3 aliphatic rings. The van der Waals surface area contributed by atoms with Crippen molar-refractivity contribution in [2.45, 2.75) is 23.2 Å². The van der Waals surface area contributed by atoms with Crippen molar-refractivity contribution in [1.29, 1.82) is 0 Å². The molecule has 5 nitrogen and oxygen atoms in total. The van der Waals surface area contributed by atoms with Crippen molar-refractivity contribution < 1.29 is 14.6 Å². The van der Waals surface area contributed by atoms with E-state index in [4.69, 9.17) is 16.3 Å². The average molecular weight is 484 g/mol. The molecule has 150 valence electrons. The Morgan fingerprint density at radius 1 is 1.13 bits per heavy atom. The molecule has 3 heterocycles. The van der Waals surface area contributed by atoms with Crippen LogP contribution in [0.1, 0.15) is 22.7 Å². The number of fused-ring (bicyclic) bond motifs is 5. The summed E-state index contributed by atoms with van der Waals surface area (Å²) in [6.07, 6.45) is 1.50. The quantitative estimate of drug-likeness (QED) is 0.543. The smallest absolute Gasteiger partial charge is 0.226 e. The second kappa shape index (κ2) is 6.06. The van der Waals surface area contributed by atoms with Crippen LogP contribution >= 0.6 is 27.5 Å². The van der Waals surface area contributed by atoms with Gasteiger partial charge in [-0.15, -0.1) is 0 Å². The van der Waals surface area contributed by atoms with Crippen LogP contribution in [0.5, 0.6) is 5.75 Å². The van der Waals surface area contributed by atoms with Gasteiger partial charge < -0.3 is 15.2 Å². The van der Waals surface area contributed by atoms with Crippen LogP contribution in [0, 0.1) is 5.92 Å². The maximum atomic E-state index is 12.7. The van der Waals surface area contributed by atoms with E-state index in [9.17, 15) is 9.90 Å². The lowest BCUT2D eigenvalue weighted by molar-refractivity contribution is -0.145. The van der Waals surface area contributed by atoms with Gasteiger partial charge in [-0.3, -0.25) is 9.78 Å². The third-order valence-corrected chi connectivity index (χ3v) is 7.39. The van der Waals surface area contributed by atoms with Crippen molar-refractivity contribution in [3.05, 3.63) is 93.2 Å². The monoisotopic (exact) mass is 482 g/mol. The number of hydrogen-bond acceptors (Lipinski definition) is 4. The van der Waals surface area contributed by atoms with Gasteiger partial charge in [0.25, 0.3) is 0 Å². The van der Waals surface area contributed by atoms with Gasteiger partial charge in [-0.2, -0.15) is 0 Å². The molecule has 3 aromatic rings. The van der Waals surface area contributed by atoms with E-state index in [0.717, 1.165) is 15.6 Å². The summed E-state index contributed by atoms with van der Waals surface area (Å²) >= 11 is 9.67. The lowest BCUT2D eigenvalue weighted by Gasteiger charge is -2.40. The van der Waals surface area contributed by atoms with Crippen molar-refractivity contribution in [3.8, 4) is 5.75 Å². The number of carbonyl (C=O) groups is 1. The maximum Gasteiger partial charge on any atom is 0.226 e. The van der Waals surface area contributed by atoms with Crippen LogP contribution in [0.15, 0.2) is 71.3 Å². The Bertz CT molecular complexity index is 1190. The number of nitrogens with one attached hydrogen (secondary N) is 1. The molecule has 2 fully saturated rings. The molecule has 0 bridgehead atoms. The minimum atomic E-state index is -1.54. The predicted molar refractivity (Wildman–Crippen MR) is 114 cm³/mol. The minimum Gasteiger partial charge on any atom is -0.476 e. The molecule has 1 amide bonds. The maximum absolute atomic E-state index is 12.7. The van der Waals surface area contributed by atoms with E-state index in [0.29, 0.717) is 16.5 Å². The molecule has 1 aliphatic carbocycles. The van der Waals surface area contributed by atoms with Crippen LogP contribution in [0.4, 0.5) is 0 Å². The third kappa shape index (κ3) is 2.06. The summed E-state index contributed by atoms with van der Waals surface area (Å²) in [6, 6.07) is 18.6. The molecule has 1 aromatic heterocycles. The van der Waals surface area contributed by atoms with Crippen LogP contribution < -0.4 is 10.1 Å². The highest BCUT2D eigenvalue weighted by Gasteiger charge is 2.81. The molecule has 2 aromatic carbocycles. The summed E-state index contributed by atoms with van der Waals surface area (Å²) in [4.78, 5) is 17.2. The van der Waals surface area contributed by atoms with Crippen LogP contribution in [0.2, 0.25) is 5.02 Å². The van der Waals surface area contributed by atoms with Crippen LogP contribution in [-0.2, 0) is 16.0 Å². The first-order valence-electron chi connectivity index (χ1n) is 9.65. The molecule has 30 heavy (non-hydrogen) atoms. The van der Waals surface area contributed by atoms with Gasteiger partial charge in [-0.05, 0) is 23.3 Å². The molecule has 1 saturated carbocycles. The Balaban J connectivity index is 1.68. The molecule has 2 aliphatic heterocycles. The molecule has 2 N–H and O–H groups in total. The standard InChI is InChI=1S/C23H16BrClN2O3/c24-14-8-6-13(7-9-14)23-18(12-4-2-1-3-5-12)17-20(27-21(17)28)22(23,29)19-16(30-23)10-15(25)11-26-19/h1-11,17-18,20,29H,(H,27,28)/t17-,18-,20-,22-,23+/m1/s1. The molecule has 0 unspecified atom stereocenters. The number of ether oxygens (including phenoxy) is 1. The van der Waals surface area contributed by atoms with Gasteiger partial charge in [-0.25, -0.2) is 0 Å². The van der Waals surface area contributed by atoms with Crippen LogP contribution in [0.25, 0.3) is 0 Å². The number of hydrogen-bond donors (Lipinski definition) is 2. The first-order chi connectivity index (χ1) is 14.5. The molecule has 0 radical (unpaired) electrons. The van der Waals surface area contributed by atoms with Crippen molar-refractivity contribution in [3.63, 3.8) is 0 Å². The number of β-lactam (4-membered cyclic amide) rings is 1. The first kappa shape index (κ1) is 18.4. The summed E-state index contributed by atoms with van der Waals surface area (Å²) in [6.45, 7) is 0. The number of rotatable bonds is 2. The van der Waals surface area contributed by atoms with Gasteiger partial charge in [0.2, 0.25) is 5.91 Å². The van der Waals surface area contributed by atoms with E-state index >= 15 is 0 Å². The fraction of sp³-hybridized carbons (Fsp3) is 0.217. The summed E-state index contributed by atoms with van der Waals surface area (Å²) in [5, 5.41) is 15.7. The van der Waals surface area contributed by atoms with Gasteiger partial charge in [0.1, 0.15) is 11.4 Å². The SMILES string of the molecule is O=C1N[C@@H]2[C@H]1[C@@H](c1ccccc1)[C@]1(c3ccc(Br)cc3)Oc3cc(Cl)cnc3[C@@]21O. The van der Waals surface area contributed by atoms with Gasteiger partial charge in [0, 0.05) is 22.7 Å². The van der Waals surface area contributed by atoms with Crippen molar-refractivity contribution >= 4 is 33.4 Å². The second-order valence-corrected chi connectivity index (χ2v) is 9.36. The van der Waals surface area contributed by atoms with Gasteiger partial charge in [-0.1, -0.05) is 70.0 Å². The number of amides is 1. The lowest BCUT2D eigenvalue weighted by Crippen LogP contribution is -2.64. The number of aliphatic hydroxyl groups is 1. The Hall–Kier alpha value is -2.41. The lowest BCUT2D eigenvalue weighted by atomic mass is 9.72. The molecule has 6 rings (SSSR count). The predicted octanol–water partition coefficient (Wildman–Crippen LogP) is 3.89. The van der Waals surface area contributed by atoms with E-state index < -0.39 is 29.1 Å². The molecule has 1 saturated heterocycles. The largest absolute Gasteiger partial charge is 0.476 e. The van der Waals surface area contributed by atoms with Crippen LogP contribution in [-0.4, -0.2) is 22.0 Å². The molecule has 5 atom stereocenters. The number of carbonyl (C=O) groups excluding carboxylic acids is 1. The highest BCUT2D eigenvalue weighted by molar-refractivity contribution is 9.10. The average Bonchev–Trinajstić information content (AvgIpc) is 3.09. The van der Waals surface area contributed by atoms with Crippen molar-refractivity contribution in [2.75, 3.05) is 0 Å². The van der Waals surface area contributed by atoms with E-state index in [2.05, 4.69) is 26.2 Å². The number of pyridine rings is 1. The van der Waals surface area contributed by atoms with E-state index in [1.54, 1.807) is 6.07 Å². The number of nitrogens with zero attached hydrogens (tertiary/aromatic N) is 1. The van der Waals surface area contributed by atoms with Gasteiger partial charge in [0.05, 0.1) is 17.0 Å². The Kier molecular flexibility index (Phi) is 3.71. The number of benzene rings is 2. The Morgan fingerprint density at radius 2 is 1.87 bits per heavy atom. The fourth-order valence-corrected chi connectivity index (χ4v) is 5.92. The summed E-state index contributed by atoms with van der Waals surface area (Å²) in [5.74, 6) is -0.496. The fourth-order valence-electron chi connectivity index (χ4n) is 5.50. The number of halogens is 2. The van der Waals surface area contributed by atoms with E-state index in [1.807, 2.05) is 54.6 Å². The Labute approximate surface area is 186 Å². The molecule has 0 spiro atoms. The Morgan fingerprint density at radius 3 is 2.57 bits per heavy atom. The zero-order chi connectivity index (χ0) is 20.7. The highest BCUT2D eigenvalue weighted by Crippen LogP contribution is 2.69. The van der Waals surface area contributed by atoms with E-state index in [1.165, 1.54) is 6.20 Å². The third-order valence-electron chi connectivity index (χ3n) is 6.66. The summed E-state index contributed by atoms with van der Waals surface area (Å²) in [5.41, 5.74) is -0.660.